The van der Waals surface area contributed by atoms with Gasteiger partial charge in [-0.1, -0.05) is 47.6 Å². The molecule has 1 rings (SSSR count). The summed E-state index contributed by atoms with van der Waals surface area (Å²) in [7, 11) is 0. The fraction of sp³-hybridized carbons (Fsp3) is 0.655. The quantitative estimate of drug-likeness (QED) is 0.186. The molecule has 2 unspecified atom stereocenters. The smallest absolute Gasteiger partial charge is 0.480 e. The molecule has 0 aliphatic heterocycles. The molecule has 0 fully saturated rings. The molecule has 232 valence electrons. The molecule has 3 atom stereocenters. The van der Waals surface area contributed by atoms with Crippen molar-refractivity contribution in [3.05, 3.63) is 23.8 Å². The lowest BCUT2D eigenvalue weighted by Crippen LogP contribution is -2.38. The summed E-state index contributed by atoms with van der Waals surface area (Å²) in [5.41, 5.74) is 4.87. The molecule has 3 N–H and O–H groups in total. The predicted molar refractivity (Wildman–Crippen MR) is 149 cm³/mol. The van der Waals surface area contributed by atoms with Crippen molar-refractivity contribution >= 4 is 24.4 Å². The summed E-state index contributed by atoms with van der Waals surface area (Å²) in [6.45, 7) is 17.9. The lowest BCUT2D eigenvalue weighted by Gasteiger charge is -2.26. The number of carbonyl (C=O) groups excluding carboxylic acids is 3. The average molecular weight is 584 g/mol. The zero-order chi connectivity index (χ0) is 31.8. The number of aliphatic carboxylic acids is 1. The number of ether oxygens (including phenoxy) is 6. The number of carboxylic acids is 1. The third kappa shape index (κ3) is 14.6. The Morgan fingerprint density at radius 2 is 1.29 bits per heavy atom. The molecule has 0 heterocycles. The van der Waals surface area contributed by atoms with Crippen LogP contribution >= 0.6 is 0 Å². The second-order valence-corrected chi connectivity index (χ2v) is 13.2. The van der Waals surface area contributed by atoms with Gasteiger partial charge in [-0.3, -0.25) is 4.79 Å². The van der Waals surface area contributed by atoms with Crippen molar-refractivity contribution in [3.63, 3.8) is 0 Å². The monoisotopic (exact) mass is 583 g/mol. The summed E-state index contributed by atoms with van der Waals surface area (Å²) in [4.78, 5) is 48.8. The molecule has 0 saturated carbocycles. The van der Waals surface area contributed by atoms with Gasteiger partial charge in [0.1, 0.15) is 17.7 Å². The maximum atomic E-state index is 12.5. The molecule has 0 saturated heterocycles. The maximum absolute atomic E-state index is 12.5. The van der Waals surface area contributed by atoms with E-state index >= 15 is 0 Å². The first kappa shape index (κ1) is 35.5. The van der Waals surface area contributed by atoms with Crippen molar-refractivity contribution in [1.29, 1.82) is 0 Å². The molecule has 12 heteroatoms. The fourth-order valence-electron chi connectivity index (χ4n) is 3.21. The number of benzene rings is 1. The first-order chi connectivity index (χ1) is 18.6. The van der Waals surface area contributed by atoms with Gasteiger partial charge in [0.25, 0.3) is 0 Å². The SMILES string of the molecule is CC(CC(c1ccc(OC(=O)OCC(C)(C)C)c(OC(=O)OCC(C)(C)C)c1)[C@H](N)C(=O)O)OC(=O)OC(C)(C)C. The summed E-state index contributed by atoms with van der Waals surface area (Å²) in [5, 5.41) is 9.67. The lowest BCUT2D eigenvalue weighted by atomic mass is 9.87. The van der Waals surface area contributed by atoms with Crippen LogP contribution in [0.1, 0.15) is 87.1 Å². The largest absolute Gasteiger partial charge is 0.513 e. The van der Waals surface area contributed by atoms with Crippen molar-refractivity contribution in [2.24, 2.45) is 16.6 Å². The highest BCUT2D eigenvalue weighted by Gasteiger charge is 2.31. The van der Waals surface area contributed by atoms with Gasteiger partial charge in [0.2, 0.25) is 0 Å². The third-order valence-electron chi connectivity index (χ3n) is 5.02. The van der Waals surface area contributed by atoms with Gasteiger partial charge in [-0.15, -0.1) is 0 Å². The molecule has 0 aliphatic carbocycles. The van der Waals surface area contributed by atoms with Crippen molar-refractivity contribution in [2.45, 2.75) is 99.3 Å². The minimum atomic E-state index is -1.43. The van der Waals surface area contributed by atoms with Crippen molar-refractivity contribution in [1.82, 2.24) is 0 Å². The fourth-order valence-corrected chi connectivity index (χ4v) is 3.21. The Morgan fingerprint density at radius 3 is 1.73 bits per heavy atom. The van der Waals surface area contributed by atoms with Crippen LogP contribution in [0.25, 0.3) is 0 Å². The van der Waals surface area contributed by atoms with Gasteiger partial charge in [0.15, 0.2) is 11.5 Å². The Hall–Kier alpha value is -3.54. The highest BCUT2D eigenvalue weighted by molar-refractivity contribution is 5.75. The molecule has 0 amide bonds. The lowest BCUT2D eigenvalue weighted by molar-refractivity contribution is -0.139. The van der Waals surface area contributed by atoms with E-state index in [1.54, 1.807) is 27.7 Å². The standard InChI is InChI=1S/C29H45NO11/c1-17(38-26(35)41-29(8,9)10)13-19(22(30)23(31)32)18-11-12-20(39-24(33)36-15-27(2,3)4)21(14-18)40-25(34)37-16-28(5,6)7/h11-12,14,17,19,22H,13,15-16,30H2,1-10H3,(H,31,32)/t17?,19?,22-/m0/s1. The van der Waals surface area contributed by atoms with Crippen LogP contribution in [0, 0.1) is 10.8 Å². The van der Waals surface area contributed by atoms with Gasteiger partial charge in [0.05, 0.1) is 13.2 Å². The van der Waals surface area contributed by atoms with E-state index in [0.717, 1.165) is 0 Å². The first-order valence-corrected chi connectivity index (χ1v) is 13.3. The van der Waals surface area contributed by atoms with E-state index in [2.05, 4.69) is 0 Å². The highest BCUT2D eigenvalue weighted by Crippen LogP contribution is 2.35. The number of nitrogens with two attached hydrogens (primary N) is 1. The maximum Gasteiger partial charge on any atom is 0.513 e. The zero-order valence-corrected chi connectivity index (χ0v) is 25.7. The third-order valence-corrected chi connectivity index (χ3v) is 5.02. The predicted octanol–water partition coefficient (Wildman–Crippen LogP) is 6.04. The van der Waals surface area contributed by atoms with Crippen LogP contribution in [0.3, 0.4) is 0 Å². The van der Waals surface area contributed by atoms with Crippen LogP contribution < -0.4 is 15.2 Å². The van der Waals surface area contributed by atoms with E-state index in [-0.39, 0.29) is 42.0 Å². The summed E-state index contributed by atoms with van der Waals surface area (Å²) in [6.07, 6.45) is -3.83. The molecule has 0 aromatic heterocycles. The van der Waals surface area contributed by atoms with E-state index in [1.165, 1.54) is 18.2 Å². The van der Waals surface area contributed by atoms with Gasteiger partial charge in [-0.25, -0.2) is 14.4 Å². The van der Waals surface area contributed by atoms with E-state index < -0.39 is 48.1 Å². The van der Waals surface area contributed by atoms with Crippen LogP contribution in [0.2, 0.25) is 0 Å². The van der Waals surface area contributed by atoms with Crippen molar-refractivity contribution < 1.29 is 52.7 Å². The Balaban J connectivity index is 3.34. The summed E-state index contributed by atoms with van der Waals surface area (Å²) < 4.78 is 31.4. The van der Waals surface area contributed by atoms with Gasteiger partial charge < -0.3 is 39.3 Å². The van der Waals surface area contributed by atoms with Crippen LogP contribution in [-0.2, 0) is 23.7 Å². The Labute approximate surface area is 241 Å². The average Bonchev–Trinajstić information content (AvgIpc) is 2.78. The zero-order valence-electron chi connectivity index (χ0n) is 25.7. The van der Waals surface area contributed by atoms with Crippen molar-refractivity contribution in [3.8, 4) is 11.5 Å². The van der Waals surface area contributed by atoms with Crippen LogP contribution in [-0.4, -0.2) is 60.5 Å². The van der Waals surface area contributed by atoms with Gasteiger partial charge in [-0.05, 0) is 62.6 Å². The Bertz CT molecular complexity index is 1060. The molecular formula is C29H45NO11. The molecule has 0 bridgehead atoms. The molecule has 1 aromatic rings. The molecule has 0 radical (unpaired) electrons. The number of carboxylic acid groups (broad SMARTS) is 1. The van der Waals surface area contributed by atoms with Gasteiger partial charge >= 0.3 is 24.4 Å². The topological polar surface area (TPSA) is 170 Å². The van der Waals surface area contributed by atoms with E-state index in [0.29, 0.717) is 5.56 Å². The molecule has 0 aliphatic rings. The molecule has 12 nitrogen and oxygen atoms in total. The first-order valence-electron chi connectivity index (χ1n) is 13.3. The Morgan fingerprint density at radius 1 is 0.805 bits per heavy atom. The normalized spacial score (nSPS) is 14.2. The van der Waals surface area contributed by atoms with E-state index in [9.17, 15) is 24.3 Å². The van der Waals surface area contributed by atoms with E-state index in [4.69, 9.17) is 34.2 Å². The second-order valence-electron chi connectivity index (χ2n) is 13.2. The van der Waals surface area contributed by atoms with Gasteiger partial charge in [-0.2, -0.15) is 0 Å². The number of hydrogen-bond donors (Lipinski definition) is 2. The number of rotatable bonds is 10. The van der Waals surface area contributed by atoms with Crippen molar-refractivity contribution in [2.75, 3.05) is 13.2 Å². The molecular weight excluding hydrogens is 538 g/mol. The van der Waals surface area contributed by atoms with Crippen LogP contribution in [0.4, 0.5) is 14.4 Å². The minimum Gasteiger partial charge on any atom is -0.480 e. The van der Waals surface area contributed by atoms with Crippen LogP contribution in [0.5, 0.6) is 11.5 Å². The van der Waals surface area contributed by atoms with Gasteiger partial charge in [0, 0.05) is 5.92 Å². The number of carbonyl (C=O) groups is 4. The summed E-state index contributed by atoms with van der Waals surface area (Å²) >= 11 is 0. The molecule has 0 spiro atoms. The second kappa shape index (κ2) is 14.4. The van der Waals surface area contributed by atoms with Crippen LogP contribution in [0.15, 0.2) is 18.2 Å². The molecule has 1 aromatic carbocycles. The highest BCUT2D eigenvalue weighted by atomic mass is 16.7. The summed E-state index contributed by atoms with van der Waals surface area (Å²) in [6, 6.07) is 2.68. The Kier molecular flexibility index (Phi) is 12.4. The minimum absolute atomic E-state index is 0.0194. The molecule has 41 heavy (non-hydrogen) atoms. The number of hydrogen-bond acceptors (Lipinski definition) is 11. The summed E-state index contributed by atoms with van der Waals surface area (Å²) in [5.74, 6) is -2.61. The van der Waals surface area contributed by atoms with E-state index in [1.807, 2.05) is 41.5 Å².